The number of hydrogen-bond acceptors (Lipinski definition) is 2. The summed E-state index contributed by atoms with van der Waals surface area (Å²) >= 11 is 0. The molecule has 0 saturated carbocycles. The molecule has 0 amide bonds. The highest BCUT2D eigenvalue weighted by molar-refractivity contribution is 5.20. The van der Waals surface area contributed by atoms with Gasteiger partial charge in [-0.15, -0.1) is 0 Å². The molecule has 2 aromatic rings. The zero-order valence-corrected chi connectivity index (χ0v) is 11.3. The average Bonchev–Trinajstić information content (AvgIpc) is 2.45. The average molecular weight is 277 g/mol. The topological polar surface area (TPSA) is 21.3 Å². The highest BCUT2D eigenvalue weighted by Crippen LogP contribution is 2.20. The third kappa shape index (κ3) is 3.85. The maximum atomic E-state index is 13.5. The summed E-state index contributed by atoms with van der Waals surface area (Å²) < 4.78 is 32.5. The molecule has 0 aliphatic carbocycles. The Morgan fingerprint density at radius 3 is 2.60 bits per heavy atom. The van der Waals surface area contributed by atoms with E-state index in [0.29, 0.717) is 12.1 Å². The van der Waals surface area contributed by atoms with Gasteiger partial charge in [-0.2, -0.15) is 0 Å². The fourth-order valence-corrected chi connectivity index (χ4v) is 1.97. The van der Waals surface area contributed by atoms with Crippen LogP contribution in [0.4, 0.5) is 8.78 Å². The van der Waals surface area contributed by atoms with E-state index in [1.165, 1.54) is 18.2 Å². The summed E-state index contributed by atoms with van der Waals surface area (Å²) in [4.78, 5) is 0. The lowest BCUT2D eigenvalue weighted by atomic mass is 10.1. The molecule has 0 aliphatic rings. The molecule has 1 unspecified atom stereocenters. The van der Waals surface area contributed by atoms with Gasteiger partial charge in [0, 0.05) is 12.1 Å². The van der Waals surface area contributed by atoms with Crippen LogP contribution < -0.4 is 5.32 Å². The third-order valence-electron chi connectivity index (χ3n) is 3.01. The number of nitrogens with one attached hydrogen (secondary N) is 1. The van der Waals surface area contributed by atoms with Gasteiger partial charge in [0.2, 0.25) is 0 Å². The van der Waals surface area contributed by atoms with Crippen LogP contribution in [-0.4, -0.2) is 13.6 Å². The second-order valence-electron chi connectivity index (χ2n) is 4.50. The van der Waals surface area contributed by atoms with Crippen LogP contribution in [0.25, 0.3) is 0 Å². The maximum Gasteiger partial charge on any atom is 0.128 e. The van der Waals surface area contributed by atoms with Crippen molar-refractivity contribution in [3.63, 3.8) is 0 Å². The van der Waals surface area contributed by atoms with Crippen LogP contribution >= 0.6 is 0 Å². The van der Waals surface area contributed by atoms with E-state index in [4.69, 9.17) is 4.74 Å². The molecule has 2 rings (SSSR count). The summed E-state index contributed by atoms with van der Waals surface area (Å²) in [5.41, 5.74) is 1.22. The Morgan fingerprint density at radius 2 is 1.90 bits per heavy atom. The number of hydrogen-bond donors (Lipinski definition) is 1. The number of benzene rings is 2. The molecular weight excluding hydrogens is 260 g/mol. The molecule has 0 radical (unpaired) electrons. The summed E-state index contributed by atoms with van der Waals surface area (Å²) in [6.07, 6.45) is -0.324. The van der Waals surface area contributed by atoms with Crippen molar-refractivity contribution in [1.29, 1.82) is 0 Å². The fourth-order valence-electron chi connectivity index (χ4n) is 1.97. The molecule has 1 N–H and O–H groups in total. The van der Waals surface area contributed by atoms with Gasteiger partial charge in [-0.25, -0.2) is 8.78 Å². The van der Waals surface area contributed by atoms with Gasteiger partial charge in [-0.05, 0) is 30.8 Å². The van der Waals surface area contributed by atoms with Gasteiger partial charge in [0.15, 0.2) is 0 Å². The smallest absolute Gasteiger partial charge is 0.128 e. The normalized spacial score (nSPS) is 12.3. The molecule has 2 nitrogen and oxygen atoms in total. The van der Waals surface area contributed by atoms with E-state index < -0.39 is 0 Å². The van der Waals surface area contributed by atoms with Crippen LogP contribution in [0.2, 0.25) is 0 Å². The van der Waals surface area contributed by atoms with Gasteiger partial charge < -0.3 is 10.1 Å². The Morgan fingerprint density at radius 1 is 1.10 bits per heavy atom. The van der Waals surface area contributed by atoms with Crippen LogP contribution in [-0.2, 0) is 11.3 Å². The Labute approximate surface area is 117 Å². The maximum absolute atomic E-state index is 13.5. The lowest BCUT2D eigenvalue weighted by molar-refractivity contribution is 0.0393. The van der Waals surface area contributed by atoms with Crippen molar-refractivity contribution < 1.29 is 13.5 Å². The standard InChI is InChI=1S/C16H17F2NO/c1-19-10-16(12-6-4-7-14(17)9-12)20-11-13-5-2-3-8-15(13)18/h2-9,16,19H,10-11H2,1H3. The predicted octanol–water partition coefficient (Wildman–Crippen LogP) is 3.44. The third-order valence-corrected chi connectivity index (χ3v) is 3.01. The molecule has 2 aromatic carbocycles. The van der Waals surface area contributed by atoms with Crippen molar-refractivity contribution in [3.05, 3.63) is 71.3 Å². The highest BCUT2D eigenvalue weighted by atomic mass is 19.1. The Hall–Kier alpha value is -1.78. The van der Waals surface area contributed by atoms with E-state index in [-0.39, 0.29) is 24.3 Å². The minimum atomic E-state index is -0.324. The number of rotatable bonds is 6. The molecule has 0 aliphatic heterocycles. The molecule has 4 heteroatoms. The summed E-state index contributed by atoms with van der Waals surface area (Å²) in [6, 6.07) is 12.7. The van der Waals surface area contributed by atoms with Crippen LogP contribution in [0.3, 0.4) is 0 Å². The second-order valence-corrected chi connectivity index (χ2v) is 4.50. The van der Waals surface area contributed by atoms with E-state index in [1.807, 2.05) is 0 Å². The number of halogens is 2. The van der Waals surface area contributed by atoms with Crippen LogP contribution in [0.15, 0.2) is 48.5 Å². The highest BCUT2D eigenvalue weighted by Gasteiger charge is 2.13. The lowest BCUT2D eigenvalue weighted by Crippen LogP contribution is -2.20. The minimum Gasteiger partial charge on any atom is -0.367 e. The van der Waals surface area contributed by atoms with Gasteiger partial charge in [0.1, 0.15) is 11.6 Å². The van der Waals surface area contributed by atoms with Gasteiger partial charge in [0.05, 0.1) is 12.7 Å². The minimum absolute atomic E-state index is 0.148. The predicted molar refractivity (Wildman–Crippen MR) is 74.3 cm³/mol. The first-order valence-corrected chi connectivity index (χ1v) is 6.46. The van der Waals surface area contributed by atoms with E-state index in [0.717, 1.165) is 5.56 Å². The first kappa shape index (κ1) is 14.6. The van der Waals surface area contributed by atoms with Gasteiger partial charge in [0.25, 0.3) is 0 Å². The van der Waals surface area contributed by atoms with Gasteiger partial charge in [-0.1, -0.05) is 30.3 Å². The Kier molecular flexibility index (Phi) is 5.21. The summed E-state index contributed by atoms with van der Waals surface area (Å²) in [5, 5.41) is 3.00. The van der Waals surface area contributed by atoms with Gasteiger partial charge in [-0.3, -0.25) is 0 Å². The second kappa shape index (κ2) is 7.12. The van der Waals surface area contributed by atoms with Crippen LogP contribution in [0.1, 0.15) is 17.2 Å². The summed E-state index contributed by atoms with van der Waals surface area (Å²) in [7, 11) is 1.79. The monoisotopic (exact) mass is 277 g/mol. The Bertz CT molecular complexity index is 560. The SMILES string of the molecule is CNCC(OCc1ccccc1F)c1cccc(F)c1. The van der Waals surface area contributed by atoms with Crippen molar-refractivity contribution in [2.24, 2.45) is 0 Å². The first-order valence-electron chi connectivity index (χ1n) is 6.46. The van der Waals surface area contributed by atoms with Gasteiger partial charge >= 0.3 is 0 Å². The van der Waals surface area contributed by atoms with Crippen molar-refractivity contribution in [2.45, 2.75) is 12.7 Å². The van der Waals surface area contributed by atoms with Crippen molar-refractivity contribution in [3.8, 4) is 0 Å². The molecule has 0 heterocycles. The van der Waals surface area contributed by atoms with E-state index in [9.17, 15) is 8.78 Å². The molecule has 0 spiro atoms. The summed E-state index contributed by atoms with van der Waals surface area (Å²) in [6.45, 7) is 0.674. The molecule has 0 saturated heterocycles. The molecule has 1 atom stereocenters. The number of likely N-dealkylation sites (N-methyl/N-ethyl adjacent to an activating group) is 1. The van der Waals surface area contributed by atoms with Crippen molar-refractivity contribution in [1.82, 2.24) is 5.32 Å². The van der Waals surface area contributed by atoms with E-state index in [1.54, 1.807) is 37.4 Å². The van der Waals surface area contributed by atoms with Crippen LogP contribution in [0, 0.1) is 11.6 Å². The zero-order chi connectivity index (χ0) is 14.4. The van der Waals surface area contributed by atoms with Crippen molar-refractivity contribution >= 4 is 0 Å². The zero-order valence-electron chi connectivity index (χ0n) is 11.3. The molecular formula is C16H17F2NO. The largest absolute Gasteiger partial charge is 0.367 e. The van der Waals surface area contributed by atoms with E-state index >= 15 is 0 Å². The summed E-state index contributed by atoms with van der Waals surface area (Å²) in [5.74, 6) is -0.604. The van der Waals surface area contributed by atoms with Crippen LogP contribution in [0.5, 0.6) is 0 Å². The Balaban J connectivity index is 2.08. The van der Waals surface area contributed by atoms with Crippen molar-refractivity contribution in [2.75, 3.05) is 13.6 Å². The van der Waals surface area contributed by atoms with E-state index in [2.05, 4.69) is 5.32 Å². The fraction of sp³-hybridized carbons (Fsp3) is 0.250. The molecule has 0 aromatic heterocycles. The lowest BCUT2D eigenvalue weighted by Gasteiger charge is -2.18. The molecule has 106 valence electrons. The quantitative estimate of drug-likeness (QED) is 0.873. The number of ether oxygens (including phenoxy) is 1. The molecule has 20 heavy (non-hydrogen) atoms. The molecule has 0 bridgehead atoms. The first-order chi connectivity index (χ1) is 9.70. The molecule has 0 fully saturated rings.